The molecular weight excluding hydrogens is 391 g/mol. The lowest BCUT2D eigenvalue weighted by Gasteiger charge is -2.12. The number of hydrogen-bond acceptors (Lipinski definition) is 5. The Morgan fingerprint density at radius 2 is 1.76 bits per heavy atom. The van der Waals surface area contributed by atoms with E-state index in [2.05, 4.69) is 15.5 Å². The summed E-state index contributed by atoms with van der Waals surface area (Å²) in [5.74, 6) is -0.702. The van der Waals surface area contributed by atoms with Crippen molar-refractivity contribution in [1.82, 2.24) is 14.8 Å². The van der Waals surface area contributed by atoms with Crippen LogP contribution in [0.4, 0.5) is 10.1 Å². The van der Waals surface area contributed by atoms with Gasteiger partial charge in [-0.15, -0.1) is 10.2 Å². The van der Waals surface area contributed by atoms with Crippen molar-refractivity contribution < 1.29 is 14.0 Å². The van der Waals surface area contributed by atoms with E-state index < -0.39 is 11.1 Å². The molecule has 3 rings (SSSR count). The molecule has 6 nitrogen and oxygen atoms in total. The first kappa shape index (κ1) is 20.7. The third kappa shape index (κ3) is 4.89. The molecule has 1 N–H and O–H groups in total. The summed E-state index contributed by atoms with van der Waals surface area (Å²) in [6.07, 6.45) is 1.42. The Labute approximate surface area is 172 Å². The highest BCUT2D eigenvalue weighted by Crippen LogP contribution is 2.27. The molecule has 0 fully saturated rings. The third-order valence-electron chi connectivity index (χ3n) is 4.24. The zero-order valence-corrected chi connectivity index (χ0v) is 17.1. The smallest absolute Gasteiger partial charge is 0.226 e. The van der Waals surface area contributed by atoms with Crippen molar-refractivity contribution in [3.63, 3.8) is 0 Å². The van der Waals surface area contributed by atoms with Gasteiger partial charge in [0, 0.05) is 17.2 Å². The quantitative estimate of drug-likeness (QED) is 0.461. The van der Waals surface area contributed by atoms with Crippen LogP contribution in [0.5, 0.6) is 0 Å². The molecule has 0 saturated heterocycles. The molecule has 29 heavy (non-hydrogen) atoms. The number of para-hydroxylation sites is 1. The van der Waals surface area contributed by atoms with E-state index >= 15 is 0 Å². The third-order valence-corrected chi connectivity index (χ3v) is 5.30. The predicted molar refractivity (Wildman–Crippen MR) is 111 cm³/mol. The average Bonchev–Trinajstić information content (AvgIpc) is 3.16. The van der Waals surface area contributed by atoms with E-state index in [1.165, 1.54) is 28.7 Å². The number of Topliss-reactive ketones (excluding diaryl/α,β-unsaturated/α-hetero) is 1. The number of anilines is 1. The molecule has 3 aromatic rings. The lowest BCUT2D eigenvalue weighted by atomic mass is 10.1. The van der Waals surface area contributed by atoms with Crippen molar-refractivity contribution in [1.29, 1.82) is 0 Å². The fourth-order valence-electron chi connectivity index (χ4n) is 2.57. The maximum absolute atomic E-state index is 14.1. The zero-order valence-electron chi connectivity index (χ0n) is 16.3. The molecule has 0 spiro atoms. The summed E-state index contributed by atoms with van der Waals surface area (Å²) in [5.41, 5.74) is 1.48. The van der Waals surface area contributed by atoms with Crippen LogP contribution < -0.4 is 5.32 Å². The normalized spacial score (nSPS) is 12.0. The Morgan fingerprint density at radius 1 is 1.07 bits per heavy atom. The van der Waals surface area contributed by atoms with Crippen molar-refractivity contribution in [2.45, 2.75) is 31.2 Å². The maximum Gasteiger partial charge on any atom is 0.226 e. The van der Waals surface area contributed by atoms with E-state index in [0.717, 1.165) is 0 Å². The van der Waals surface area contributed by atoms with Gasteiger partial charge in [-0.1, -0.05) is 37.7 Å². The molecule has 2 aromatic carbocycles. The molecule has 0 bridgehead atoms. The summed E-state index contributed by atoms with van der Waals surface area (Å²) in [5, 5.41) is 10.6. The van der Waals surface area contributed by atoms with Crippen molar-refractivity contribution in [3.8, 4) is 5.69 Å². The number of nitrogens with one attached hydrogen (secondary N) is 1. The van der Waals surface area contributed by atoms with Crippen LogP contribution in [0.2, 0.25) is 0 Å². The lowest BCUT2D eigenvalue weighted by Crippen LogP contribution is -2.18. The molecule has 1 amide bonds. The Morgan fingerprint density at radius 3 is 2.41 bits per heavy atom. The minimum Gasteiger partial charge on any atom is -0.326 e. The average molecular weight is 412 g/mol. The number of aromatic nitrogens is 3. The second-order valence-electron chi connectivity index (χ2n) is 6.78. The molecular formula is C21H21FN4O2S. The van der Waals surface area contributed by atoms with Crippen LogP contribution in [0.25, 0.3) is 5.69 Å². The molecule has 0 aliphatic carbocycles. The Kier molecular flexibility index (Phi) is 6.43. The van der Waals surface area contributed by atoms with Gasteiger partial charge in [0.15, 0.2) is 10.9 Å². The predicted octanol–water partition coefficient (Wildman–Crippen LogP) is 4.36. The first-order valence-corrected chi connectivity index (χ1v) is 10.0. The summed E-state index contributed by atoms with van der Waals surface area (Å²) >= 11 is 1.21. The molecule has 0 aliphatic heterocycles. The van der Waals surface area contributed by atoms with Crippen LogP contribution in [0.15, 0.2) is 60.0 Å². The molecule has 1 aromatic heterocycles. The number of rotatable bonds is 7. The first-order valence-electron chi connectivity index (χ1n) is 9.13. The number of carbonyl (C=O) groups is 2. The van der Waals surface area contributed by atoms with Crippen molar-refractivity contribution in [3.05, 3.63) is 66.2 Å². The van der Waals surface area contributed by atoms with Gasteiger partial charge in [0.05, 0.1) is 10.9 Å². The summed E-state index contributed by atoms with van der Waals surface area (Å²) < 4.78 is 15.6. The fraction of sp³-hybridized carbons (Fsp3) is 0.238. The summed E-state index contributed by atoms with van der Waals surface area (Å²) in [6, 6.07) is 13.1. The second kappa shape index (κ2) is 9.00. The largest absolute Gasteiger partial charge is 0.326 e. The summed E-state index contributed by atoms with van der Waals surface area (Å²) in [7, 11) is 0. The first-order chi connectivity index (χ1) is 13.9. The van der Waals surface area contributed by atoms with Crippen molar-refractivity contribution in [2.24, 2.45) is 5.92 Å². The molecule has 0 saturated carbocycles. The molecule has 150 valence electrons. The molecule has 0 aliphatic rings. The molecule has 1 atom stereocenters. The number of carbonyl (C=O) groups excluding carboxylic acids is 2. The number of benzene rings is 2. The van der Waals surface area contributed by atoms with Gasteiger partial charge in [0.25, 0.3) is 0 Å². The van der Waals surface area contributed by atoms with Gasteiger partial charge in [0.1, 0.15) is 12.1 Å². The van der Waals surface area contributed by atoms with Crippen LogP contribution >= 0.6 is 11.8 Å². The highest BCUT2D eigenvalue weighted by atomic mass is 32.2. The Hall–Kier alpha value is -3.00. The van der Waals surface area contributed by atoms with Gasteiger partial charge < -0.3 is 5.32 Å². The minimum absolute atomic E-state index is 0.0829. The molecule has 1 heterocycles. The Balaban J connectivity index is 1.71. The van der Waals surface area contributed by atoms with Crippen LogP contribution in [-0.2, 0) is 4.79 Å². The van der Waals surface area contributed by atoms with Gasteiger partial charge in [-0.2, -0.15) is 0 Å². The SMILES string of the molecule is CC(C)C(=O)Nc1ccc(C(=O)[C@@H](C)Sc2nncn2-c2ccccc2F)cc1. The summed E-state index contributed by atoms with van der Waals surface area (Å²) in [6.45, 7) is 5.39. The highest BCUT2D eigenvalue weighted by molar-refractivity contribution is 8.00. The second-order valence-corrected chi connectivity index (χ2v) is 8.09. The van der Waals surface area contributed by atoms with E-state index in [4.69, 9.17) is 0 Å². The van der Waals surface area contributed by atoms with Gasteiger partial charge in [-0.05, 0) is 43.3 Å². The van der Waals surface area contributed by atoms with E-state index in [9.17, 15) is 14.0 Å². The van der Waals surface area contributed by atoms with Crippen LogP contribution in [0.3, 0.4) is 0 Å². The van der Waals surface area contributed by atoms with Crippen LogP contribution in [-0.4, -0.2) is 31.7 Å². The minimum atomic E-state index is -0.458. The van der Waals surface area contributed by atoms with Gasteiger partial charge in [-0.25, -0.2) is 4.39 Å². The number of halogens is 1. The molecule has 0 radical (unpaired) electrons. The van der Waals surface area contributed by atoms with Crippen molar-refractivity contribution in [2.75, 3.05) is 5.32 Å². The summed E-state index contributed by atoms with van der Waals surface area (Å²) in [4.78, 5) is 24.6. The fourth-order valence-corrected chi connectivity index (χ4v) is 3.48. The monoisotopic (exact) mass is 412 g/mol. The van der Waals surface area contributed by atoms with Gasteiger partial charge in [0.2, 0.25) is 5.91 Å². The lowest BCUT2D eigenvalue weighted by molar-refractivity contribution is -0.118. The highest BCUT2D eigenvalue weighted by Gasteiger charge is 2.21. The van der Waals surface area contributed by atoms with E-state index in [1.807, 2.05) is 13.8 Å². The van der Waals surface area contributed by atoms with E-state index in [0.29, 0.717) is 22.1 Å². The standard InChI is InChI=1S/C21H21FN4O2S/c1-13(2)20(28)24-16-10-8-15(9-11-16)19(27)14(3)29-21-25-23-12-26(21)18-7-5-4-6-17(18)22/h4-14H,1-3H3,(H,24,28)/t14-/m1/s1. The molecule has 8 heteroatoms. The van der Waals surface area contributed by atoms with E-state index in [1.54, 1.807) is 49.4 Å². The van der Waals surface area contributed by atoms with Gasteiger partial charge >= 0.3 is 0 Å². The maximum atomic E-state index is 14.1. The number of hydrogen-bond donors (Lipinski definition) is 1. The van der Waals surface area contributed by atoms with Crippen LogP contribution in [0.1, 0.15) is 31.1 Å². The van der Waals surface area contributed by atoms with Crippen LogP contribution in [0, 0.1) is 11.7 Å². The topological polar surface area (TPSA) is 76.9 Å². The number of nitrogens with zero attached hydrogens (tertiary/aromatic N) is 3. The zero-order chi connectivity index (χ0) is 21.0. The molecule has 0 unspecified atom stereocenters. The number of thioether (sulfide) groups is 1. The van der Waals surface area contributed by atoms with E-state index in [-0.39, 0.29) is 17.6 Å². The number of amides is 1. The van der Waals surface area contributed by atoms with Gasteiger partial charge in [-0.3, -0.25) is 14.2 Å². The number of ketones is 1. The van der Waals surface area contributed by atoms with Crippen molar-refractivity contribution >= 4 is 29.1 Å². The Bertz CT molecular complexity index is 1020.